The van der Waals surface area contributed by atoms with Crippen LogP contribution in [-0.2, 0) is 0 Å². The van der Waals surface area contributed by atoms with E-state index in [1.807, 2.05) is 12.1 Å². The number of anilines is 1. The molecule has 1 atom stereocenters. The minimum Gasteiger partial charge on any atom is -0.384 e. The number of nitrogens with two attached hydrogens (primary N) is 1. The highest BCUT2D eigenvalue weighted by atomic mass is 79.9. The summed E-state index contributed by atoms with van der Waals surface area (Å²) in [6.07, 6.45) is 3.98. The summed E-state index contributed by atoms with van der Waals surface area (Å²) >= 11 is 3.47. The van der Waals surface area contributed by atoms with Crippen molar-refractivity contribution in [2.45, 2.75) is 25.3 Å². The lowest BCUT2D eigenvalue weighted by Gasteiger charge is -2.45. The van der Waals surface area contributed by atoms with Gasteiger partial charge in [0.2, 0.25) is 0 Å². The van der Waals surface area contributed by atoms with Gasteiger partial charge in [0, 0.05) is 41.4 Å². The van der Waals surface area contributed by atoms with Crippen molar-refractivity contribution in [3.8, 4) is 0 Å². The summed E-state index contributed by atoms with van der Waals surface area (Å²) in [6, 6.07) is 6.74. The normalized spacial score (nSPS) is 23.4. The lowest BCUT2D eigenvalue weighted by Crippen LogP contribution is -2.55. The lowest BCUT2D eigenvalue weighted by atomic mass is 9.98. The van der Waals surface area contributed by atoms with E-state index in [0.717, 1.165) is 35.4 Å². The number of fused-ring (bicyclic) bond motifs is 1. The molecule has 3 N–H and O–H groups in total. The molecule has 0 aliphatic carbocycles. The third-order valence-electron chi connectivity index (χ3n) is 4.43. The summed E-state index contributed by atoms with van der Waals surface area (Å²) in [6.45, 7) is 4.46. The predicted molar refractivity (Wildman–Crippen MR) is 86.6 cm³/mol. The highest BCUT2D eigenvalue weighted by Gasteiger charge is 2.29. The molecule has 0 bridgehead atoms. The second-order valence-corrected chi connectivity index (χ2v) is 6.62. The SMILES string of the molecule is N=C(N)c1cc(Br)ccc1N1CCN2CCCCC2C1. The van der Waals surface area contributed by atoms with E-state index in [4.69, 9.17) is 11.1 Å². The Labute approximate surface area is 128 Å². The van der Waals surface area contributed by atoms with Crippen molar-refractivity contribution in [3.05, 3.63) is 28.2 Å². The maximum atomic E-state index is 7.79. The highest BCUT2D eigenvalue weighted by Crippen LogP contribution is 2.29. The molecule has 0 aromatic heterocycles. The minimum atomic E-state index is 0.146. The van der Waals surface area contributed by atoms with Gasteiger partial charge in [0.05, 0.1) is 0 Å². The van der Waals surface area contributed by atoms with Crippen LogP contribution in [0.2, 0.25) is 0 Å². The molecule has 0 spiro atoms. The molecule has 2 fully saturated rings. The zero-order valence-corrected chi connectivity index (χ0v) is 13.2. The molecule has 0 saturated carbocycles. The highest BCUT2D eigenvalue weighted by molar-refractivity contribution is 9.10. The number of benzene rings is 1. The molecule has 1 aromatic carbocycles. The van der Waals surface area contributed by atoms with Crippen LogP contribution in [-0.4, -0.2) is 43.0 Å². The van der Waals surface area contributed by atoms with Crippen LogP contribution in [0.5, 0.6) is 0 Å². The molecule has 4 nitrogen and oxygen atoms in total. The maximum Gasteiger partial charge on any atom is 0.124 e. The van der Waals surface area contributed by atoms with Gasteiger partial charge in [-0.1, -0.05) is 22.4 Å². The van der Waals surface area contributed by atoms with Gasteiger partial charge in [-0.05, 0) is 37.6 Å². The number of piperidine rings is 1. The van der Waals surface area contributed by atoms with Gasteiger partial charge in [0.15, 0.2) is 0 Å². The van der Waals surface area contributed by atoms with Crippen molar-refractivity contribution in [2.75, 3.05) is 31.1 Å². The molecular formula is C15H21BrN4. The Morgan fingerprint density at radius 1 is 1.25 bits per heavy atom. The molecule has 2 saturated heterocycles. The Morgan fingerprint density at radius 3 is 2.90 bits per heavy atom. The second kappa shape index (κ2) is 5.74. The number of rotatable bonds is 2. The van der Waals surface area contributed by atoms with E-state index in [1.54, 1.807) is 0 Å². The zero-order valence-electron chi connectivity index (χ0n) is 11.6. The quantitative estimate of drug-likeness (QED) is 0.644. The molecule has 1 aromatic rings. The Hall–Kier alpha value is -1.07. The first kappa shape index (κ1) is 13.9. The summed E-state index contributed by atoms with van der Waals surface area (Å²) in [4.78, 5) is 5.02. The number of halogens is 1. The van der Waals surface area contributed by atoms with Gasteiger partial charge in [0.1, 0.15) is 5.84 Å². The monoisotopic (exact) mass is 336 g/mol. The van der Waals surface area contributed by atoms with Crippen LogP contribution < -0.4 is 10.6 Å². The average Bonchev–Trinajstić information content (AvgIpc) is 2.46. The van der Waals surface area contributed by atoms with Gasteiger partial charge >= 0.3 is 0 Å². The summed E-state index contributed by atoms with van der Waals surface area (Å²) < 4.78 is 0.975. The predicted octanol–water partition coefficient (Wildman–Crippen LogP) is 2.41. The molecule has 108 valence electrons. The van der Waals surface area contributed by atoms with Gasteiger partial charge in [-0.2, -0.15) is 0 Å². The van der Waals surface area contributed by atoms with Crippen molar-refractivity contribution in [3.63, 3.8) is 0 Å². The molecule has 20 heavy (non-hydrogen) atoms. The molecular weight excluding hydrogens is 316 g/mol. The third kappa shape index (κ3) is 2.69. The fourth-order valence-corrected chi connectivity index (χ4v) is 3.74. The van der Waals surface area contributed by atoms with E-state index >= 15 is 0 Å². The zero-order chi connectivity index (χ0) is 14.1. The van der Waals surface area contributed by atoms with E-state index in [1.165, 1.54) is 25.8 Å². The number of nitrogen functional groups attached to an aromatic ring is 1. The van der Waals surface area contributed by atoms with Crippen molar-refractivity contribution in [1.82, 2.24) is 4.90 Å². The van der Waals surface area contributed by atoms with Gasteiger partial charge in [-0.15, -0.1) is 0 Å². The van der Waals surface area contributed by atoms with E-state index < -0.39 is 0 Å². The lowest BCUT2D eigenvalue weighted by molar-refractivity contribution is 0.133. The number of amidine groups is 1. The summed E-state index contributed by atoms with van der Waals surface area (Å²) in [5.74, 6) is 0.146. The largest absolute Gasteiger partial charge is 0.384 e. The second-order valence-electron chi connectivity index (χ2n) is 5.71. The fourth-order valence-electron chi connectivity index (χ4n) is 3.37. The summed E-state index contributed by atoms with van der Waals surface area (Å²) in [5.41, 5.74) is 7.69. The number of piperazine rings is 1. The van der Waals surface area contributed by atoms with Crippen LogP contribution >= 0.6 is 15.9 Å². The number of hydrogen-bond acceptors (Lipinski definition) is 3. The molecule has 0 radical (unpaired) electrons. The first-order chi connectivity index (χ1) is 9.65. The van der Waals surface area contributed by atoms with E-state index in [-0.39, 0.29) is 5.84 Å². The van der Waals surface area contributed by atoms with E-state index in [9.17, 15) is 0 Å². The average molecular weight is 337 g/mol. The van der Waals surface area contributed by atoms with Crippen molar-refractivity contribution >= 4 is 27.5 Å². The molecule has 2 heterocycles. The van der Waals surface area contributed by atoms with Crippen LogP contribution in [0.1, 0.15) is 24.8 Å². The Kier molecular flexibility index (Phi) is 3.98. The van der Waals surface area contributed by atoms with Crippen LogP contribution in [0.15, 0.2) is 22.7 Å². The summed E-state index contributed by atoms with van der Waals surface area (Å²) in [7, 11) is 0. The molecule has 5 heteroatoms. The Bertz CT molecular complexity index is 517. The van der Waals surface area contributed by atoms with Crippen molar-refractivity contribution in [1.29, 1.82) is 5.41 Å². The number of nitrogens with one attached hydrogen (secondary N) is 1. The molecule has 2 aliphatic heterocycles. The van der Waals surface area contributed by atoms with Gasteiger partial charge in [-0.25, -0.2) is 0 Å². The fraction of sp³-hybridized carbons (Fsp3) is 0.533. The van der Waals surface area contributed by atoms with Crippen LogP contribution in [0.4, 0.5) is 5.69 Å². The Morgan fingerprint density at radius 2 is 2.10 bits per heavy atom. The Balaban J connectivity index is 1.84. The maximum absolute atomic E-state index is 7.79. The van der Waals surface area contributed by atoms with Crippen LogP contribution in [0.25, 0.3) is 0 Å². The molecule has 1 unspecified atom stereocenters. The standard InChI is InChI=1S/C15H21BrN4/c16-11-4-5-14(13(9-11)15(17)18)20-8-7-19-6-2-1-3-12(19)10-20/h4-5,9,12H,1-3,6-8,10H2,(H3,17,18). The third-order valence-corrected chi connectivity index (χ3v) is 4.92. The van der Waals surface area contributed by atoms with Crippen molar-refractivity contribution in [2.24, 2.45) is 5.73 Å². The van der Waals surface area contributed by atoms with Gasteiger partial charge in [-0.3, -0.25) is 10.3 Å². The van der Waals surface area contributed by atoms with Crippen LogP contribution in [0, 0.1) is 5.41 Å². The first-order valence-corrected chi connectivity index (χ1v) is 8.07. The molecule has 3 rings (SSSR count). The molecule has 2 aliphatic rings. The van der Waals surface area contributed by atoms with Crippen molar-refractivity contribution < 1.29 is 0 Å². The van der Waals surface area contributed by atoms with Gasteiger partial charge in [0.25, 0.3) is 0 Å². The minimum absolute atomic E-state index is 0.146. The topological polar surface area (TPSA) is 56.4 Å². The smallest absolute Gasteiger partial charge is 0.124 e. The van der Waals surface area contributed by atoms with E-state index in [0.29, 0.717) is 6.04 Å². The number of hydrogen-bond donors (Lipinski definition) is 2. The van der Waals surface area contributed by atoms with E-state index in [2.05, 4.69) is 31.8 Å². The van der Waals surface area contributed by atoms with Gasteiger partial charge < -0.3 is 10.6 Å². The first-order valence-electron chi connectivity index (χ1n) is 7.28. The summed E-state index contributed by atoms with van der Waals surface area (Å²) in [5, 5.41) is 7.79. The number of nitrogens with zero attached hydrogens (tertiary/aromatic N) is 2. The molecule has 0 amide bonds. The van der Waals surface area contributed by atoms with Crippen LogP contribution in [0.3, 0.4) is 0 Å².